The number of aromatic nitrogens is 7. The number of aryl methyl sites for hydroxylation is 3. The first-order chi connectivity index (χ1) is 17.9. The number of hydrogen-bond donors (Lipinski definition) is 2. The molecule has 0 saturated carbocycles. The fourth-order valence-electron chi connectivity index (χ4n) is 4.85. The summed E-state index contributed by atoms with van der Waals surface area (Å²) in [6.45, 7) is 14.9. The zero-order valence-corrected chi connectivity index (χ0v) is 22.9. The highest BCUT2D eigenvalue weighted by atomic mass is 16.5. The molecule has 0 fully saturated rings. The summed E-state index contributed by atoms with van der Waals surface area (Å²) in [6.07, 6.45) is 5.82. The van der Waals surface area contributed by atoms with Gasteiger partial charge in [0.05, 0.1) is 58.9 Å². The van der Waals surface area contributed by atoms with Crippen molar-refractivity contribution < 1.29 is 9.84 Å². The molecule has 0 aliphatic carbocycles. The average molecular weight is 507 g/mol. The van der Waals surface area contributed by atoms with Gasteiger partial charge >= 0.3 is 0 Å². The number of hydrogen-bond acceptors (Lipinski definition) is 7. The predicted molar refractivity (Wildman–Crippen MR) is 146 cm³/mol. The minimum Gasteiger partial charge on any atom is -0.473 e. The quantitative estimate of drug-likeness (QED) is 0.433. The van der Waals surface area contributed by atoms with Crippen LogP contribution in [0.1, 0.15) is 56.0 Å². The largest absolute Gasteiger partial charge is 0.473 e. The molecular weight excluding hydrogens is 468 g/mol. The van der Waals surface area contributed by atoms with Crippen LogP contribution in [0.2, 0.25) is 0 Å². The second-order valence-corrected chi connectivity index (χ2v) is 9.10. The van der Waals surface area contributed by atoms with Crippen molar-refractivity contribution in [1.29, 1.82) is 0 Å². The molecule has 0 spiro atoms. The summed E-state index contributed by atoms with van der Waals surface area (Å²) >= 11 is 0. The van der Waals surface area contributed by atoms with E-state index in [9.17, 15) is 5.11 Å². The van der Waals surface area contributed by atoms with E-state index in [2.05, 4.69) is 40.1 Å². The van der Waals surface area contributed by atoms with E-state index >= 15 is 0 Å². The van der Waals surface area contributed by atoms with Crippen LogP contribution < -0.4 is 4.74 Å². The molecule has 10 heteroatoms. The van der Waals surface area contributed by atoms with Gasteiger partial charge in [0.25, 0.3) is 0 Å². The minimum absolute atomic E-state index is 0.0330. The number of aliphatic hydroxyl groups excluding tert-OH is 1. The van der Waals surface area contributed by atoms with Crippen molar-refractivity contribution in [3.05, 3.63) is 40.6 Å². The molecule has 0 amide bonds. The Morgan fingerprint density at radius 1 is 1.16 bits per heavy atom. The van der Waals surface area contributed by atoms with E-state index in [1.54, 1.807) is 4.68 Å². The third-order valence-corrected chi connectivity index (χ3v) is 6.55. The summed E-state index contributed by atoms with van der Waals surface area (Å²) in [5, 5.41) is 27.6. The van der Waals surface area contributed by atoms with Crippen LogP contribution in [-0.2, 0) is 20.1 Å². The van der Waals surface area contributed by atoms with E-state index in [1.165, 1.54) is 0 Å². The average Bonchev–Trinajstić information content (AvgIpc) is 3.51. The van der Waals surface area contributed by atoms with Gasteiger partial charge in [-0.15, -0.1) is 0 Å². The fourth-order valence-corrected chi connectivity index (χ4v) is 4.85. The first-order valence-corrected chi connectivity index (χ1v) is 13.0. The number of likely N-dealkylation sites (N-methyl/N-ethyl adjacent to an activating group) is 1. The lowest BCUT2D eigenvalue weighted by Crippen LogP contribution is -2.34. The van der Waals surface area contributed by atoms with Crippen molar-refractivity contribution in [2.24, 2.45) is 7.05 Å². The fraction of sp³-hybridized carbons (Fsp3) is 0.481. The number of nitrogens with zero attached hydrogens (tertiary/aromatic N) is 7. The summed E-state index contributed by atoms with van der Waals surface area (Å²) in [4.78, 5) is 7.03. The molecule has 0 aromatic carbocycles. The summed E-state index contributed by atoms with van der Waals surface area (Å²) < 4.78 is 10.2. The summed E-state index contributed by atoms with van der Waals surface area (Å²) in [5.74, 6) is 0.704. The van der Waals surface area contributed by atoms with Gasteiger partial charge in [-0.05, 0) is 45.5 Å². The van der Waals surface area contributed by atoms with Crippen LogP contribution in [0.15, 0.2) is 12.3 Å². The Morgan fingerprint density at radius 3 is 2.68 bits per heavy atom. The van der Waals surface area contributed by atoms with E-state index in [4.69, 9.17) is 14.8 Å². The number of pyridine rings is 1. The second kappa shape index (κ2) is 11.3. The van der Waals surface area contributed by atoms with Crippen LogP contribution in [-0.4, -0.2) is 70.5 Å². The Morgan fingerprint density at radius 2 is 1.95 bits per heavy atom. The van der Waals surface area contributed by atoms with Crippen molar-refractivity contribution in [1.82, 2.24) is 39.6 Å². The van der Waals surface area contributed by atoms with E-state index < -0.39 is 0 Å². The Balaban J connectivity index is 0.00000156. The molecule has 2 N–H and O–H groups in total. The summed E-state index contributed by atoms with van der Waals surface area (Å²) in [6, 6.07) is 2.04. The number of nitrogens with one attached hydrogen (secondary N) is 1. The predicted octanol–water partition coefficient (Wildman–Crippen LogP) is 3.96. The monoisotopic (exact) mass is 506 g/mol. The topological polar surface area (TPSA) is 110 Å². The van der Waals surface area contributed by atoms with Gasteiger partial charge in [-0.1, -0.05) is 20.8 Å². The molecule has 5 rings (SSSR count). The molecule has 2 bridgehead atoms. The highest BCUT2D eigenvalue weighted by Crippen LogP contribution is 2.34. The molecule has 1 atom stereocenters. The van der Waals surface area contributed by atoms with Gasteiger partial charge in [0.1, 0.15) is 6.10 Å². The standard InChI is InChI=1S/C25H32N8O2.C2H6/c1-6-32-13-15(2)35-25-24(17(4)29-31(25)5)21-11-19-20(27-28-22(19)12-26-21)8-7-18-16(3)30-33(9-10-34)23(18)14-32;1-2/h7-8,11-12,15,34H,6,9-10,13-14H2,1-5H3,(H,27,28);1-2H3/b8-7+;. The number of aromatic amines is 1. The normalized spacial score (nSPS) is 16.8. The molecule has 1 unspecified atom stereocenters. The molecule has 10 nitrogen and oxygen atoms in total. The van der Waals surface area contributed by atoms with Gasteiger partial charge in [-0.2, -0.15) is 15.3 Å². The zero-order valence-electron chi connectivity index (χ0n) is 22.9. The van der Waals surface area contributed by atoms with Crippen molar-refractivity contribution in [2.45, 2.75) is 60.7 Å². The lowest BCUT2D eigenvalue weighted by molar-refractivity contribution is 0.133. The molecule has 5 heterocycles. The summed E-state index contributed by atoms with van der Waals surface area (Å²) in [7, 11) is 1.90. The van der Waals surface area contributed by atoms with Crippen molar-refractivity contribution in [2.75, 3.05) is 19.7 Å². The van der Waals surface area contributed by atoms with Crippen LogP contribution in [0.25, 0.3) is 34.3 Å². The Bertz CT molecular complexity index is 1400. The van der Waals surface area contributed by atoms with Crippen molar-refractivity contribution >= 4 is 23.1 Å². The third-order valence-electron chi connectivity index (χ3n) is 6.55. The summed E-state index contributed by atoms with van der Waals surface area (Å²) in [5.41, 5.74) is 7.29. The number of aliphatic hydroxyl groups is 1. The highest BCUT2D eigenvalue weighted by molar-refractivity contribution is 5.92. The maximum absolute atomic E-state index is 9.64. The number of ether oxygens (including phenoxy) is 1. The third kappa shape index (κ3) is 5.17. The Hall–Kier alpha value is -3.50. The highest BCUT2D eigenvalue weighted by Gasteiger charge is 2.23. The SMILES string of the molecule is CC.CCN1Cc2c(c(C)nn2CCO)/C=C/c2n[nH]c3cnc(cc23)-c2c(C)nn(C)c2OC(C)C1. The molecule has 4 aromatic rings. The minimum atomic E-state index is -0.0869. The van der Waals surface area contributed by atoms with Crippen LogP contribution in [0.5, 0.6) is 5.88 Å². The molecule has 4 aromatic heterocycles. The Labute approximate surface area is 218 Å². The zero-order chi connectivity index (χ0) is 26.7. The maximum atomic E-state index is 9.64. The number of H-pyrrole nitrogens is 1. The van der Waals surface area contributed by atoms with E-state index in [1.807, 2.05) is 57.8 Å². The van der Waals surface area contributed by atoms with Gasteiger partial charge in [0.15, 0.2) is 0 Å². The van der Waals surface area contributed by atoms with Crippen molar-refractivity contribution in [3.8, 4) is 17.1 Å². The lowest BCUT2D eigenvalue weighted by Gasteiger charge is -2.26. The molecule has 0 radical (unpaired) electrons. The van der Waals surface area contributed by atoms with Gasteiger partial charge in [-0.25, -0.2) is 4.68 Å². The van der Waals surface area contributed by atoms with Crippen LogP contribution >= 0.6 is 0 Å². The smallest absolute Gasteiger partial charge is 0.221 e. The van der Waals surface area contributed by atoms with E-state index in [0.29, 0.717) is 19.0 Å². The van der Waals surface area contributed by atoms with E-state index in [-0.39, 0.29) is 12.7 Å². The van der Waals surface area contributed by atoms with Gasteiger partial charge < -0.3 is 9.84 Å². The molecule has 1 aliphatic heterocycles. The number of fused-ring (bicyclic) bond motifs is 4. The number of rotatable bonds is 3. The molecule has 1 aliphatic rings. The molecule has 198 valence electrons. The van der Waals surface area contributed by atoms with Crippen LogP contribution in [0.3, 0.4) is 0 Å². The van der Waals surface area contributed by atoms with Crippen LogP contribution in [0.4, 0.5) is 0 Å². The molecular formula is C27H38N8O2. The first kappa shape index (κ1) is 26.6. The lowest BCUT2D eigenvalue weighted by atomic mass is 10.1. The van der Waals surface area contributed by atoms with Gasteiger partial charge in [-0.3, -0.25) is 19.7 Å². The van der Waals surface area contributed by atoms with Crippen molar-refractivity contribution in [3.63, 3.8) is 0 Å². The second-order valence-electron chi connectivity index (χ2n) is 9.10. The van der Waals surface area contributed by atoms with Crippen LogP contribution in [0, 0.1) is 13.8 Å². The van der Waals surface area contributed by atoms with Gasteiger partial charge in [0, 0.05) is 31.1 Å². The molecule has 37 heavy (non-hydrogen) atoms. The molecule has 0 saturated heterocycles. The first-order valence-electron chi connectivity index (χ1n) is 13.0. The maximum Gasteiger partial charge on any atom is 0.221 e. The Kier molecular flexibility index (Phi) is 8.09. The van der Waals surface area contributed by atoms with Gasteiger partial charge in [0.2, 0.25) is 5.88 Å². The van der Waals surface area contributed by atoms with E-state index in [0.717, 1.165) is 63.6 Å².